The van der Waals surface area contributed by atoms with Crippen LogP contribution in [0.3, 0.4) is 0 Å². The van der Waals surface area contributed by atoms with Crippen molar-refractivity contribution in [2.24, 2.45) is 5.29 Å². The minimum Gasteiger partial charge on any atom is -0.497 e. The van der Waals surface area contributed by atoms with Crippen LogP contribution >= 0.6 is 0 Å². The number of methoxy groups -OCH3 is 1. The molecule has 0 spiro atoms. The van der Waals surface area contributed by atoms with Gasteiger partial charge in [-0.05, 0) is 49.2 Å². The molecule has 0 fully saturated rings. The number of nitrogens with zero attached hydrogens (tertiary/aromatic N) is 3. The number of aryl methyl sites for hydroxylation is 1. The van der Waals surface area contributed by atoms with Crippen LogP contribution in [-0.4, -0.2) is 18.6 Å². The largest absolute Gasteiger partial charge is 0.497 e. The fraction of sp³-hybridized carbons (Fsp3) is 0.267. The average molecular weight is 271 g/mol. The van der Waals surface area contributed by atoms with Gasteiger partial charge in [-0.1, -0.05) is 6.07 Å². The lowest BCUT2D eigenvalue weighted by Gasteiger charge is -2.15. The van der Waals surface area contributed by atoms with E-state index in [2.05, 4.69) is 10.3 Å². The van der Waals surface area contributed by atoms with Crippen molar-refractivity contribution in [3.63, 3.8) is 0 Å². The Kier molecular flexibility index (Phi) is 4.65. The molecule has 0 unspecified atom stereocenters. The summed E-state index contributed by atoms with van der Waals surface area (Å²) in [5, 5.41) is 4.50. The first kappa shape index (κ1) is 14.0. The van der Waals surface area contributed by atoms with Crippen LogP contribution in [0.5, 0.6) is 5.75 Å². The lowest BCUT2D eigenvalue weighted by atomic mass is 10.2. The van der Waals surface area contributed by atoms with Crippen LogP contribution in [0, 0.1) is 11.8 Å². The standard InChI is InChI=1S/C15H17N3O2/c1-12-3-4-13(11-16-12)9-10-18(17-19)14-5-7-15(20-2)8-6-14/h3-8,11H,9-10H2,1-2H3. The number of rotatable bonds is 6. The van der Waals surface area contributed by atoms with Crippen LogP contribution in [-0.2, 0) is 6.42 Å². The van der Waals surface area contributed by atoms with Gasteiger partial charge < -0.3 is 4.74 Å². The van der Waals surface area contributed by atoms with Crippen LogP contribution in [0.2, 0.25) is 0 Å². The van der Waals surface area contributed by atoms with Crippen molar-refractivity contribution in [2.75, 3.05) is 18.7 Å². The average Bonchev–Trinajstić information content (AvgIpc) is 2.50. The highest BCUT2D eigenvalue weighted by Crippen LogP contribution is 2.19. The number of hydrogen-bond donors (Lipinski definition) is 0. The van der Waals surface area contributed by atoms with Crippen molar-refractivity contribution in [1.82, 2.24) is 4.98 Å². The van der Waals surface area contributed by atoms with Gasteiger partial charge in [0.2, 0.25) is 0 Å². The van der Waals surface area contributed by atoms with E-state index in [9.17, 15) is 4.91 Å². The van der Waals surface area contributed by atoms with Crippen molar-refractivity contribution in [3.05, 3.63) is 58.8 Å². The van der Waals surface area contributed by atoms with E-state index in [0.29, 0.717) is 13.0 Å². The Balaban J connectivity index is 2.01. The first-order chi connectivity index (χ1) is 9.72. The van der Waals surface area contributed by atoms with Crippen LogP contribution in [0.25, 0.3) is 0 Å². The second-order valence-electron chi connectivity index (χ2n) is 4.46. The molecular formula is C15H17N3O2. The third kappa shape index (κ3) is 3.54. The highest BCUT2D eigenvalue weighted by atomic mass is 16.5. The first-order valence-corrected chi connectivity index (χ1v) is 6.39. The maximum atomic E-state index is 11.0. The van der Waals surface area contributed by atoms with Gasteiger partial charge in [0.05, 0.1) is 18.1 Å². The molecule has 0 saturated heterocycles. The van der Waals surface area contributed by atoms with E-state index in [4.69, 9.17) is 4.74 Å². The molecule has 0 aliphatic rings. The van der Waals surface area contributed by atoms with E-state index in [1.165, 1.54) is 5.01 Å². The van der Waals surface area contributed by atoms with E-state index >= 15 is 0 Å². The first-order valence-electron chi connectivity index (χ1n) is 6.39. The van der Waals surface area contributed by atoms with Gasteiger partial charge in [0.25, 0.3) is 0 Å². The summed E-state index contributed by atoms with van der Waals surface area (Å²) < 4.78 is 5.09. The summed E-state index contributed by atoms with van der Waals surface area (Å²) in [5.74, 6) is 0.752. The molecule has 0 N–H and O–H groups in total. The smallest absolute Gasteiger partial charge is 0.119 e. The van der Waals surface area contributed by atoms with Crippen LogP contribution in [0.4, 0.5) is 5.69 Å². The molecule has 2 aromatic rings. The zero-order valence-corrected chi connectivity index (χ0v) is 11.6. The third-order valence-electron chi connectivity index (χ3n) is 3.05. The van der Waals surface area contributed by atoms with Gasteiger partial charge in [-0.2, -0.15) is 0 Å². The lowest BCUT2D eigenvalue weighted by molar-refractivity contribution is 0.415. The molecule has 5 heteroatoms. The SMILES string of the molecule is COc1ccc(N(CCc2ccc(C)nc2)N=O)cc1. The molecule has 0 atom stereocenters. The van der Waals surface area contributed by atoms with Gasteiger partial charge in [0.15, 0.2) is 0 Å². The van der Waals surface area contributed by atoms with E-state index < -0.39 is 0 Å². The Hall–Kier alpha value is -2.43. The maximum Gasteiger partial charge on any atom is 0.119 e. The van der Waals surface area contributed by atoms with Gasteiger partial charge in [0, 0.05) is 18.4 Å². The molecule has 0 bridgehead atoms. The zero-order valence-electron chi connectivity index (χ0n) is 11.6. The van der Waals surface area contributed by atoms with Crippen LogP contribution < -0.4 is 9.75 Å². The Morgan fingerprint density at radius 2 is 1.95 bits per heavy atom. The Morgan fingerprint density at radius 1 is 1.20 bits per heavy atom. The van der Waals surface area contributed by atoms with Gasteiger partial charge in [-0.15, -0.1) is 4.91 Å². The lowest BCUT2D eigenvalue weighted by Crippen LogP contribution is -2.18. The number of aromatic nitrogens is 1. The quantitative estimate of drug-likeness (QED) is 0.598. The molecular weight excluding hydrogens is 254 g/mol. The minimum absolute atomic E-state index is 0.514. The van der Waals surface area contributed by atoms with Crippen LogP contribution in [0.15, 0.2) is 47.9 Å². The molecule has 0 aliphatic carbocycles. The number of ether oxygens (including phenoxy) is 1. The number of hydrogen-bond acceptors (Lipinski definition) is 4. The fourth-order valence-corrected chi connectivity index (χ4v) is 1.85. The summed E-state index contributed by atoms with van der Waals surface area (Å²) >= 11 is 0. The highest BCUT2D eigenvalue weighted by Gasteiger charge is 2.07. The Morgan fingerprint density at radius 3 is 2.50 bits per heavy atom. The molecule has 104 valence electrons. The zero-order chi connectivity index (χ0) is 14.4. The second kappa shape index (κ2) is 6.65. The molecule has 0 radical (unpaired) electrons. The van der Waals surface area contributed by atoms with Gasteiger partial charge in [0.1, 0.15) is 5.75 Å². The number of anilines is 1. The van der Waals surface area contributed by atoms with Gasteiger partial charge in [-0.3, -0.25) is 4.98 Å². The molecule has 1 heterocycles. The molecule has 5 nitrogen and oxygen atoms in total. The van der Waals surface area contributed by atoms with Crippen molar-refractivity contribution in [3.8, 4) is 5.75 Å². The van der Waals surface area contributed by atoms with Crippen molar-refractivity contribution in [2.45, 2.75) is 13.3 Å². The van der Waals surface area contributed by atoms with Crippen LogP contribution in [0.1, 0.15) is 11.3 Å². The molecule has 0 aliphatic heterocycles. The third-order valence-corrected chi connectivity index (χ3v) is 3.05. The fourth-order valence-electron chi connectivity index (χ4n) is 1.85. The molecule has 0 saturated carbocycles. The highest BCUT2D eigenvalue weighted by molar-refractivity contribution is 5.48. The molecule has 1 aromatic carbocycles. The summed E-state index contributed by atoms with van der Waals surface area (Å²) in [5.41, 5.74) is 2.81. The summed E-state index contributed by atoms with van der Waals surface area (Å²) in [4.78, 5) is 15.2. The van der Waals surface area contributed by atoms with E-state index in [1.54, 1.807) is 19.2 Å². The number of benzene rings is 1. The van der Waals surface area contributed by atoms with Crippen molar-refractivity contribution in [1.29, 1.82) is 0 Å². The number of pyridine rings is 1. The van der Waals surface area contributed by atoms with Gasteiger partial charge >= 0.3 is 0 Å². The van der Waals surface area contributed by atoms with Gasteiger partial charge in [-0.25, -0.2) is 5.01 Å². The monoisotopic (exact) mass is 271 g/mol. The normalized spacial score (nSPS) is 10.1. The Labute approximate surface area is 118 Å². The summed E-state index contributed by atoms with van der Waals surface area (Å²) in [6.07, 6.45) is 2.54. The summed E-state index contributed by atoms with van der Waals surface area (Å²) in [6, 6.07) is 11.2. The molecule has 0 amide bonds. The number of nitroso groups, excluding NO2 is 1. The summed E-state index contributed by atoms with van der Waals surface area (Å²) in [7, 11) is 1.61. The predicted molar refractivity (Wildman–Crippen MR) is 78.8 cm³/mol. The summed E-state index contributed by atoms with van der Waals surface area (Å²) in [6.45, 7) is 2.46. The predicted octanol–water partition coefficient (Wildman–Crippen LogP) is 3.13. The second-order valence-corrected chi connectivity index (χ2v) is 4.46. The molecule has 1 aromatic heterocycles. The van der Waals surface area contributed by atoms with E-state index in [1.807, 2.05) is 37.4 Å². The minimum atomic E-state index is 0.514. The van der Waals surface area contributed by atoms with E-state index in [-0.39, 0.29) is 0 Å². The molecule has 2 rings (SSSR count). The maximum absolute atomic E-state index is 11.0. The molecule has 20 heavy (non-hydrogen) atoms. The Bertz CT molecular complexity index is 552. The van der Waals surface area contributed by atoms with Crippen molar-refractivity contribution < 1.29 is 4.74 Å². The topological polar surface area (TPSA) is 54.8 Å². The van der Waals surface area contributed by atoms with E-state index in [0.717, 1.165) is 22.7 Å². The van der Waals surface area contributed by atoms with Crippen molar-refractivity contribution >= 4 is 5.69 Å².